The van der Waals surface area contributed by atoms with E-state index in [1.54, 1.807) is 29.7 Å². The molecule has 0 aliphatic carbocycles. The van der Waals surface area contributed by atoms with Crippen molar-refractivity contribution in [2.24, 2.45) is 5.92 Å². The third kappa shape index (κ3) is 10.4. The Hall–Kier alpha value is -4.37. The summed E-state index contributed by atoms with van der Waals surface area (Å²) in [6.07, 6.45) is 2.08. The first-order valence-corrected chi connectivity index (χ1v) is 13.5. The maximum atomic E-state index is 13.3. The molecule has 0 radical (unpaired) electrons. The smallest absolute Gasteiger partial charge is 0.322 e. The number of nitrogens with one attached hydrogen (secondary N) is 2. The molecule has 0 aromatic heterocycles. The van der Waals surface area contributed by atoms with E-state index in [-0.39, 0.29) is 19.0 Å². The average Bonchev–Trinajstić information content (AvgIpc) is 2.96. The maximum absolute atomic E-state index is 13.3. The Morgan fingerprint density at radius 2 is 1.43 bits per heavy atom. The van der Waals surface area contributed by atoms with Gasteiger partial charge < -0.3 is 19.9 Å². The molecule has 3 N–H and O–H groups in total. The molecule has 0 heterocycles. The van der Waals surface area contributed by atoms with Crippen molar-refractivity contribution in [1.29, 1.82) is 0 Å². The minimum atomic E-state index is -0.685. The number of carbonyl (C=O) groups excluding carboxylic acids is 3. The quantitative estimate of drug-likeness (QED) is 0.187. The fourth-order valence-electron chi connectivity index (χ4n) is 3.98. The number of ether oxygens (including phenoxy) is 1. The lowest BCUT2D eigenvalue weighted by Gasteiger charge is -2.28. The Kier molecular flexibility index (Phi) is 12.0. The van der Waals surface area contributed by atoms with Crippen LogP contribution in [-0.4, -0.2) is 59.0 Å². The van der Waals surface area contributed by atoms with Crippen molar-refractivity contribution in [3.8, 4) is 11.5 Å². The van der Waals surface area contributed by atoms with Crippen molar-refractivity contribution in [3.05, 3.63) is 90.5 Å². The van der Waals surface area contributed by atoms with Crippen LogP contribution in [0.3, 0.4) is 0 Å². The second-order valence-electron chi connectivity index (χ2n) is 9.91. The van der Waals surface area contributed by atoms with Crippen molar-refractivity contribution in [3.63, 3.8) is 0 Å². The highest BCUT2D eigenvalue weighted by molar-refractivity contribution is 5.93. The van der Waals surface area contributed by atoms with Crippen molar-refractivity contribution in [2.45, 2.75) is 33.1 Å². The van der Waals surface area contributed by atoms with Gasteiger partial charge in [0.25, 0.3) is 5.91 Å². The summed E-state index contributed by atoms with van der Waals surface area (Å²) in [4.78, 5) is 41.3. The fraction of sp³-hybridized carbons (Fsp3) is 0.323. The lowest BCUT2D eigenvalue weighted by molar-refractivity contribution is -0.139. The Labute approximate surface area is 235 Å². The molecular weight excluding hydrogens is 508 g/mol. The molecule has 9 heteroatoms. The van der Waals surface area contributed by atoms with Gasteiger partial charge in [-0.25, -0.2) is 10.3 Å². The van der Waals surface area contributed by atoms with Gasteiger partial charge in [0, 0.05) is 18.8 Å². The van der Waals surface area contributed by atoms with Gasteiger partial charge in [-0.05, 0) is 67.1 Å². The van der Waals surface area contributed by atoms with Crippen LogP contribution in [0.1, 0.15) is 32.3 Å². The molecule has 4 amide bonds. The topological polar surface area (TPSA) is 111 Å². The number of carbonyl (C=O) groups is 3. The summed E-state index contributed by atoms with van der Waals surface area (Å²) in [5.74, 6) is 0.591. The first kappa shape index (κ1) is 30.2. The van der Waals surface area contributed by atoms with Crippen LogP contribution in [0, 0.1) is 5.92 Å². The van der Waals surface area contributed by atoms with Gasteiger partial charge in [0.2, 0.25) is 5.91 Å². The molecule has 0 fully saturated rings. The lowest BCUT2D eigenvalue weighted by Crippen LogP contribution is -2.48. The van der Waals surface area contributed by atoms with Crippen molar-refractivity contribution < 1.29 is 24.3 Å². The number of hydroxylamine groups is 1. The van der Waals surface area contributed by atoms with E-state index in [2.05, 4.69) is 5.32 Å². The third-order valence-corrected chi connectivity index (χ3v) is 6.22. The van der Waals surface area contributed by atoms with E-state index in [4.69, 9.17) is 9.94 Å². The largest absolute Gasteiger partial charge is 0.457 e. The number of aryl methyl sites for hydroxylation is 1. The number of nitrogens with zero attached hydrogens (tertiary/aromatic N) is 2. The molecule has 3 aromatic rings. The normalized spacial score (nSPS) is 10.6. The highest BCUT2D eigenvalue weighted by atomic mass is 16.5. The van der Waals surface area contributed by atoms with Crippen LogP contribution in [0.4, 0.5) is 10.5 Å². The van der Waals surface area contributed by atoms with Gasteiger partial charge in [-0.1, -0.05) is 62.4 Å². The second kappa shape index (κ2) is 15.9. The zero-order valence-electron chi connectivity index (χ0n) is 23.1. The molecule has 0 saturated heterocycles. The summed E-state index contributed by atoms with van der Waals surface area (Å²) < 4.78 is 5.82. The zero-order chi connectivity index (χ0) is 28.7. The molecule has 0 aliphatic heterocycles. The van der Waals surface area contributed by atoms with E-state index in [0.29, 0.717) is 49.0 Å². The molecule has 3 aromatic carbocycles. The Morgan fingerprint density at radius 1 is 0.800 bits per heavy atom. The minimum absolute atomic E-state index is 0.202. The SMILES string of the molecule is CC(C)CCN(CC(=O)NO)C(=O)CN(CCCc1ccccc1)C(=O)Nc1ccc(Oc2ccccc2)cc1. The second-order valence-corrected chi connectivity index (χ2v) is 9.91. The van der Waals surface area contributed by atoms with E-state index < -0.39 is 11.9 Å². The van der Waals surface area contributed by atoms with Gasteiger partial charge >= 0.3 is 6.03 Å². The van der Waals surface area contributed by atoms with Crippen LogP contribution in [0.2, 0.25) is 0 Å². The van der Waals surface area contributed by atoms with E-state index in [1.165, 1.54) is 9.80 Å². The highest BCUT2D eigenvalue weighted by Crippen LogP contribution is 2.23. The summed E-state index contributed by atoms with van der Waals surface area (Å²) in [7, 11) is 0. The van der Waals surface area contributed by atoms with Gasteiger partial charge in [0.05, 0.1) is 0 Å². The molecule has 212 valence electrons. The number of hydrogen-bond acceptors (Lipinski definition) is 5. The molecule has 3 rings (SSSR count). The molecule has 0 unspecified atom stereocenters. The first-order valence-electron chi connectivity index (χ1n) is 13.5. The van der Waals surface area contributed by atoms with Gasteiger partial charge in [-0.15, -0.1) is 0 Å². The number of rotatable bonds is 14. The lowest BCUT2D eigenvalue weighted by atomic mass is 10.1. The fourth-order valence-corrected chi connectivity index (χ4v) is 3.98. The summed E-state index contributed by atoms with van der Waals surface area (Å²) in [6, 6.07) is 25.9. The Morgan fingerprint density at radius 3 is 2.05 bits per heavy atom. The summed E-state index contributed by atoms with van der Waals surface area (Å²) >= 11 is 0. The Bertz CT molecular complexity index is 1200. The number of urea groups is 1. The Balaban J connectivity index is 1.68. The van der Waals surface area contributed by atoms with Crippen LogP contribution in [-0.2, 0) is 16.0 Å². The summed E-state index contributed by atoms with van der Waals surface area (Å²) in [5.41, 5.74) is 3.28. The molecular formula is C31H38N4O5. The standard InChI is InChI=1S/C31H38N4O5/c1-24(2)19-21-34(22-29(36)33-39)30(37)23-35(20-9-12-25-10-5-3-6-11-25)31(38)32-26-15-17-28(18-16-26)40-27-13-7-4-8-14-27/h3-8,10-11,13-18,24,39H,9,12,19-23H2,1-2H3,(H,32,38)(H,33,36). The van der Waals surface area contributed by atoms with Gasteiger partial charge in [0.15, 0.2) is 0 Å². The van der Waals surface area contributed by atoms with Crippen molar-refractivity contribution in [2.75, 3.05) is 31.5 Å². The monoisotopic (exact) mass is 546 g/mol. The van der Waals surface area contributed by atoms with E-state index in [0.717, 1.165) is 12.0 Å². The molecule has 40 heavy (non-hydrogen) atoms. The number of amides is 4. The molecule has 0 spiro atoms. The summed E-state index contributed by atoms with van der Waals surface area (Å²) in [6.45, 7) is 4.23. The minimum Gasteiger partial charge on any atom is -0.457 e. The number of hydrogen-bond donors (Lipinski definition) is 3. The number of anilines is 1. The molecule has 9 nitrogen and oxygen atoms in total. The van der Waals surface area contributed by atoms with Gasteiger partial charge in [-0.2, -0.15) is 0 Å². The van der Waals surface area contributed by atoms with Crippen LogP contribution < -0.4 is 15.5 Å². The van der Waals surface area contributed by atoms with Gasteiger partial charge in [-0.3, -0.25) is 14.8 Å². The predicted octanol–water partition coefficient (Wildman–Crippen LogP) is 5.33. The van der Waals surface area contributed by atoms with Crippen molar-refractivity contribution >= 4 is 23.5 Å². The van der Waals surface area contributed by atoms with Crippen LogP contribution in [0.25, 0.3) is 0 Å². The highest BCUT2D eigenvalue weighted by Gasteiger charge is 2.23. The van der Waals surface area contributed by atoms with Crippen molar-refractivity contribution in [1.82, 2.24) is 15.3 Å². The molecule has 0 atom stereocenters. The van der Waals surface area contributed by atoms with Crippen LogP contribution in [0.15, 0.2) is 84.9 Å². The van der Waals surface area contributed by atoms with E-state index in [1.807, 2.05) is 74.5 Å². The predicted molar refractivity (Wildman–Crippen MR) is 154 cm³/mol. The van der Waals surface area contributed by atoms with Gasteiger partial charge in [0.1, 0.15) is 24.6 Å². The third-order valence-electron chi connectivity index (χ3n) is 6.22. The number of benzene rings is 3. The number of para-hydroxylation sites is 1. The van der Waals surface area contributed by atoms with E-state index >= 15 is 0 Å². The first-order chi connectivity index (χ1) is 19.3. The maximum Gasteiger partial charge on any atom is 0.322 e. The zero-order valence-corrected chi connectivity index (χ0v) is 23.1. The van der Waals surface area contributed by atoms with Crippen LogP contribution in [0.5, 0.6) is 11.5 Å². The van der Waals surface area contributed by atoms with Crippen LogP contribution >= 0.6 is 0 Å². The molecule has 0 saturated carbocycles. The van der Waals surface area contributed by atoms with E-state index in [9.17, 15) is 14.4 Å². The molecule has 0 aliphatic rings. The average molecular weight is 547 g/mol. The summed E-state index contributed by atoms with van der Waals surface area (Å²) in [5, 5.41) is 11.9. The molecule has 0 bridgehead atoms.